The maximum Gasteiger partial charge on any atom is 5.00 e. The fourth-order valence-corrected chi connectivity index (χ4v) is 2.81. The van der Waals surface area contributed by atoms with Crippen LogP contribution >= 0.6 is 0 Å². The molecule has 0 radical (unpaired) electrons. The van der Waals surface area contributed by atoms with Gasteiger partial charge in [0.1, 0.15) is 0 Å². The zero-order chi connectivity index (χ0) is 21.2. The molecule has 0 aliphatic carbocycles. The number of carboxylic acid groups (broad SMARTS) is 5. The number of carboxylic acids is 5. The predicted molar refractivity (Wildman–Crippen MR) is 74.0 cm³/mol. The number of hydrogen-bond donors (Lipinski definition) is 2. The van der Waals surface area contributed by atoms with Crippen LogP contribution in [-0.2, 0) is 44.1 Å². The van der Waals surface area contributed by atoms with Crippen molar-refractivity contribution in [2.45, 2.75) is 30.8 Å². The number of nitrogens with two attached hydrogens (primary N) is 1. The summed E-state index contributed by atoms with van der Waals surface area (Å²) in [5, 5.41) is 58.1. The fourth-order valence-electron chi connectivity index (χ4n) is 2.81. The summed E-state index contributed by atoms with van der Waals surface area (Å²) in [5.74, 6) is -9.27. The molecule has 0 aromatic rings. The van der Waals surface area contributed by atoms with E-state index < -0.39 is 73.8 Å². The molecule has 0 aromatic carbocycles. The maximum atomic E-state index is 11.2. The van der Waals surface area contributed by atoms with Gasteiger partial charge in [0.2, 0.25) is 0 Å². The molecule has 0 amide bonds. The fraction of sp³-hybridized carbons (Fsp3) is 0.643. The standard InChI is InChI=1S/C14H23N3O10.Tc/c15-1-2-16-8(3-9(18)19)14(4-10(20)21,5-11(22)23)17(6-12(24)25)7-13(26)27;/h8,16H,1-7,15H2,(H,18,19)(H,20,21)(H,22,23)(H,24,25)(H,26,27);/q;+5/p-5. The van der Waals surface area contributed by atoms with E-state index >= 15 is 0 Å². The summed E-state index contributed by atoms with van der Waals surface area (Å²) in [7, 11) is 0. The third-order valence-corrected chi connectivity index (χ3v) is 3.73. The van der Waals surface area contributed by atoms with Gasteiger partial charge in [-0.15, -0.1) is 0 Å². The van der Waals surface area contributed by atoms with Crippen LogP contribution in [0.15, 0.2) is 0 Å². The van der Waals surface area contributed by atoms with Crippen LogP contribution in [0.3, 0.4) is 0 Å². The van der Waals surface area contributed by atoms with E-state index in [0.29, 0.717) is 4.90 Å². The first-order chi connectivity index (χ1) is 12.4. The molecule has 28 heavy (non-hydrogen) atoms. The van der Waals surface area contributed by atoms with Gasteiger partial charge in [0.15, 0.2) is 0 Å². The maximum absolute atomic E-state index is 11.2. The molecule has 0 rings (SSSR count). The van der Waals surface area contributed by atoms with Gasteiger partial charge in [-0.1, -0.05) is 0 Å². The third kappa shape index (κ3) is 9.71. The van der Waals surface area contributed by atoms with Crippen LogP contribution in [0.25, 0.3) is 0 Å². The number of nitrogens with zero attached hydrogens (tertiary/aromatic N) is 1. The molecule has 0 saturated heterocycles. The van der Waals surface area contributed by atoms with Crippen molar-refractivity contribution < 1.29 is 69.6 Å². The van der Waals surface area contributed by atoms with Crippen molar-refractivity contribution in [3.63, 3.8) is 0 Å². The Morgan fingerprint density at radius 1 is 0.821 bits per heavy atom. The topological polar surface area (TPSA) is 242 Å². The minimum absolute atomic E-state index is 0. The average molecular weight is 486 g/mol. The van der Waals surface area contributed by atoms with Gasteiger partial charge in [0.05, 0.1) is 11.9 Å². The molecule has 0 aromatic heterocycles. The third-order valence-electron chi connectivity index (χ3n) is 3.73. The Morgan fingerprint density at radius 2 is 1.25 bits per heavy atom. The summed E-state index contributed by atoms with van der Waals surface area (Å²) in [5.41, 5.74) is 2.89. The molecule has 0 bridgehead atoms. The smallest absolute Gasteiger partial charge is 0.550 e. The van der Waals surface area contributed by atoms with E-state index in [1.165, 1.54) is 0 Å². The average Bonchev–Trinajstić information content (AvgIpc) is 2.47. The van der Waals surface area contributed by atoms with E-state index in [1.54, 1.807) is 0 Å². The monoisotopic (exact) mass is 485 g/mol. The molecule has 1 atom stereocenters. The van der Waals surface area contributed by atoms with Gasteiger partial charge >= 0.3 is 20.1 Å². The number of carbonyl (C=O) groups excluding carboxylic acids is 5. The number of nitrogens with one attached hydrogen (secondary N) is 1. The van der Waals surface area contributed by atoms with E-state index in [2.05, 4.69) is 5.32 Å². The zero-order valence-corrected chi connectivity index (χ0v) is 16.4. The first-order valence-electron chi connectivity index (χ1n) is 7.62. The Balaban J connectivity index is 0. The molecule has 0 aliphatic rings. The zero-order valence-electron chi connectivity index (χ0n) is 14.5. The van der Waals surface area contributed by atoms with Crippen LogP contribution in [0.1, 0.15) is 19.3 Å². The first kappa shape index (κ1) is 28.1. The Bertz CT molecular complexity index is 554. The normalized spacial score (nSPS) is 12.1. The van der Waals surface area contributed by atoms with Gasteiger partial charge < -0.3 is 60.6 Å². The molecule has 1 unspecified atom stereocenters. The van der Waals surface area contributed by atoms with Gasteiger partial charge in [-0.05, 0) is 0 Å². The van der Waals surface area contributed by atoms with E-state index in [9.17, 15) is 49.5 Å². The summed E-state index contributed by atoms with van der Waals surface area (Å²) in [4.78, 5) is 56.0. The van der Waals surface area contributed by atoms with Crippen molar-refractivity contribution >= 4 is 29.8 Å². The van der Waals surface area contributed by atoms with Crippen molar-refractivity contribution in [3.8, 4) is 0 Å². The van der Waals surface area contributed by atoms with Crippen LogP contribution in [-0.4, -0.2) is 72.5 Å². The number of rotatable bonds is 15. The summed E-state index contributed by atoms with van der Waals surface area (Å²) < 4.78 is 0. The van der Waals surface area contributed by atoms with E-state index in [4.69, 9.17) is 5.73 Å². The molecule has 0 fully saturated rings. The summed E-state index contributed by atoms with van der Waals surface area (Å²) in [6.45, 7) is -2.69. The van der Waals surface area contributed by atoms with Crippen LogP contribution < -0.4 is 36.6 Å². The molecular weight excluding hydrogens is 468 g/mol. The Labute approximate surface area is 172 Å². The van der Waals surface area contributed by atoms with Crippen molar-refractivity contribution in [1.29, 1.82) is 0 Å². The molecule has 0 spiro atoms. The van der Waals surface area contributed by atoms with Crippen LogP contribution in [0.4, 0.5) is 0 Å². The minimum Gasteiger partial charge on any atom is -0.550 e. The molecule has 0 aliphatic heterocycles. The van der Waals surface area contributed by atoms with Crippen LogP contribution in [0.2, 0.25) is 0 Å². The molecule has 0 heterocycles. The molecule has 3 N–H and O–H groups in total. The second-order valence-corrected chi connectivity index (χ2v) is 5.67. The molecule has 156 valence electrons. The Kier molecular flexibility index (Phi) is 13.2. The molecule has 13 nitrogen and oxygen atoms in total. The summed E-state index contributed by atoms with van der Waals surface area (Å²) in [6, 6.07) is -1.60. The number of carbonyl (C=O) groups is 5. The van der Waals surface area contributed by atoms with E-state index in [1.807, 2.05) is 0 Å². The largest absolute Gasteiger partial charge is 5.00 e. The summed E-state index contributed by atoms with van der Waals surface area (Å²) >= 11 is 0. The minimum atomic E-state index is -2.40. The predicted octanol–water partition coefficient (Wildman–Crippen LogP) is -9.14. The SMILES string of the molecule is NCCNC(CC(=O)[O-])C(CC(=O)[O-])(CC(=O)[O-])N(CC(=O)[O-])CC(=O)[O-].[Tc+5]. The Morgan fingerprint density at radius 3 is 1.54 bits per heavy atom. The van der Waals surface area contributed by atoms with E-state index in [-0.39, 0.29) is 33.2 Å². The van der Waals surface area contributed by atoms with Crippen LogP contribution in [0, 0.1) is 0 Å². The Hall–Kier alpha value is -2.12. The summed E-state index contributed by atoms with van der Waals surface area (Å²) in [6.07, 6.45) is -3.47. The van der Waals surface area contributed by atoms with Gasteiger partial charge in [0.25, 0.3) is 0 Å². The second kappa shape index (κ2) is 13.1. The van der Waals surface area contributed by atoms with E-state index in [0.717, 1.165) is 0 Å². The first-order valence-corrected chi connectivity index (χ1v) is 7.62. The molecule has 14 heteroatoms. The van der Waals surface area contributed by atoms with Crippen molar-refractivity contribution in [3.05, 3.63) is 0 Å². The second-order valence-electron chi connectivity index (χ2n) is 5.67. The quantitative estimate of drug-likeness (QED) is 0.219. The van der Waals surface area contributed by atoms with Gasteiger partial charge in [-0.2, -0.15) is 0 Å². The van der Waals surface area contributed by atoms with Gasteiger partial charge in [0, 0.05) is 74.9 Å². The van der Waals surface area contributed by atoms with Crippen molar-refractivity contribution in [2.75, 3.05) is 26.2 Å². The number of hydrogen-bond acceptors (Lipinski definition) is 13. The van der Waals surface area contributed by atoms with Gasteiger partial charge in [-0.25, -0.2) is 0 Å². The van der Waals surface area contributed by atoms with Crippen LogP contribution in [0.5, 0.6) is 0 Å². The van der Waals surface area contributed by atoms with Crippen molar-refractivity contribution in [1.82, 2.24) is 10.2 Å². The van der Waals surface area contributed by atoms with Crippen molar-refractivity contribution in [2.24, 2.45) is 5.73 Å². The number of aliphatic carboxylic acids is 5. The van der Waals surface area contributed by atoms with Gasteiger partial charge in [-0.3, -0.25) is 4.90 Å². The molecule has 0 saturated carbocycles. The molecular formula is C14H18N3O10Tc.